The molecule has 100 valence electrons. The zero-order valence-electron chi connectivity index (χ0n) is 10.2. The predicted octanol–water partition coefficient (Wildman–Crippen LogP) is 0.830. The molecule has 0 atom stereocenters. The molecular formula is C11H13N5O3. The summed E-state index contributed by atoms with van der Waals surface area (Å²) < 4.78 is 0. The summed E-state index contributed by atoms with van der Waals surface area (Å²) >= 11 is 0. The molecule has 1 aromatic rings. The molecule has 0 aliphatic carbocycles. The second kappa shape index (κ2) is 5.25. The number of carbonyl (C=O) groups is 2. The number of hydrogen-bond acceptors (Lipinski definition) is 4. The molecule has 0 spiro atoms. The van der Waals surface area contributed by atoms with Gasteiger partial charge in [0, 0.05) is 11.8 Å². The number of aromatic hydroxyl groups is 1. The first-order valence-corrected chi connectivity index (χ1v) is 5.52. The van der Waals surface area contributed by atoms with Crippen LogP contribution in [0.3, 0.4) is 0 Å². The van der Waals surface area contributed by atoms with Gasteiger partial charge in [-0.1, -0.05) is 6.07 Å². The van der Waals surface area contributed by atoms with Crippen LogP contribution in [0.25, 0.3) is 0 Å². The van der Waals surface area contributed by atoms with Gasteiger partial charge in [0.15, 0.2) is 0 Å². The maximum atomic E-state index is 11.7. The number of urea groups is 2. The fourth-order valence-corrected chi connectivity index (χ4v) is 1.50. The minimum Gasteiger partial charge on any atom is -0.508 e. The first-order valence-electron chi connectivity index (χ1n) is 5.52. The summed E-state index contributed by atoms with van der Waals surface area (Å²) in [6.45, 7) is 1.93. The molecule has 0 aromatic heterocycles. The van der Waals surface area contributed by atoms with Crippen molar-refractivity contribution in [3.63, 3.8) is 0 Å². The number of benzene rings is 1. The minimum absolute atomic E-state index is 0.0384. The number of hydrazine groups is 1. The number of rotatable bonds is 2. The van der Waals surface area contributed by atoms with E-state index in [9.17, 15) is 14.7 Å². The van der Waals surface area contributed by atoms with Crippen LogP contribution in [0.15, 0.2) is 29.4 Å². The maximum absolute atomic E-state index is 11.7. The first kappa shape index (κ1) is 12.7. The largest absolute Gasteiger partial charge is 0.508 e. The van der Waals surface area contributed by atoms with E-state index in [-0.39, 0.29) is 12.3 Å². The number of carbonyl (C=O) groups excluding carboxylic acids is 2. The lowest BCUT2D eigenvalue weighted by Gasteiger charge is -2.25. The highest BCUT2D eigenvalue weighted by Crippen LogP contribution is 2.14. The van der Waals surface area contributed by atoms with Gasteiger partial charge < -0.3 is 10.4 Å². The number of nitrogens with zero attached hydrogens (tertiary/aromatic N) is 2. The number of nitrogens with one attached hydrogen (secondary N) is 3. The van der Waals surface area contributed by atoms with Gasteiger partial charge in [-0.3, -0.25) is 0 Å². The third-order valence-corrected chi connectivity index (χ3v) is 2.32. The molecule has 1 heterocycles. The summed E-state index contributed by atoms with van der Waals surface area (Å²) in [7, 11) is 0. The van der Waals surface area contributed by atoms with Crippen LogP contribution < -0.4 is 16.2 Å². The van der Waals surface area contributed by atoms with Crippen LogP contribution in [0.1, 0.15) is 6.92 Å². The number of anilines is 1. The Balaban J connectivity index is 1.94. The summed E-state index contributed by atoms with van der Waals surface area (Å²) in [6, 6.07) is 4.98. The average Bonchev–Trinajstić information content (AvgIpc) is 2.34. The molecule has 2 rings (SSSR count). The second-order valence-electron chi connectivity index (χ2n) is 3.97. The van der Waals surface area contributed by atoms with Crippen LogP contribution in [0, 0.1) is 0 Å². The summed E-state index contributed by atoms with van der Waals surface area (Å²) in [6.07, 6.45) is 0. The van der Waals surface area contributed by atoms with E-state index < -0.39 is 12.1 Å². The lowest BCUT2D eigenvalue weighted by Crippen LogP contribution is -2.55. The lowest BCUT2D eigenvalue weighted by molar-refractivity contribution is 0.177. The second-order valence-corrected chi connectivity index (χ2v) is 3.97. The highest BCUT2D eigenvalue weighted by molar-refractivity contribution is 5.95. The fraction of sp³-hybridized carbons (Fsp3) is 0.182. The summed E-state index contributed by atoms with van der Waals surface area (Å²) in [4.78, 5) is 23.1. The van der Waals surface area contributed by atoms with E-state index >= 15 is 0 Å². The van der Waals surface area contributed by atoms with Gasteiger partial charge in [0.25, 0.3) is 0 Å². The number of hydrogen-bond donors (Lipinski definition) is 4. The molecule has 0 fully saturated rings. The summed E-state index contributed by atoms with van der Waals surface area (Å²) in [5.74, 6) is 0.0384. The monoisotopic (exact) mass is 263 g/mol. The van der Waals surface area contributed by atoms with Crippen LogP contribution in [-0.2, 0) is 0 Å². The van der Waals surface area contributed by atoms with E-state index in [1.807, 2.05) is 0 Å². The van der Waals surface area contributed by atoms with Crippen molar-refractivity contribution in [1.82, 2.24) is 15.9 Å². The topological polar surface area (TPSA) is 106 Å². The zero-order valence-corrected chi connectivity index (χ0v) is 10.2. The molecule has 8 heteroatoms. The van der Waals surface area contributed by atoms with Gasteiger partial charge in [-0.2, -0.15) is 5.10 Å². The lowest BCUT2D eigenvalue weighted by atomic mass is 10.3. The van der Waals surface area contributed by atoms with Gasteiger partial charge in [-0.05, 0) is 19.1 Å². The molecule has 0 radical (unpaired) electrons. The summed E-state index contributed by atoms with van der Waals surface area (Å²) in [5, 5.41) is 16.6. The Kier molecular flexibility index (Phi) is 3.51. The molecule has 19 heavy (non-hydrogen) atoms. The van der Waals surface area contributed by atoms with Crippen molar-refractivity contribution in [1.29, 1.82) is 0 Å². The van der Waals surface area contributed by atoms with Crippen LogP contribution >= 0.6 is 0 Å². The molecule has 0 saturated heterocycles. The number of phenolic OH excluding ortho intramolecular Hbond substituents is 1. The van der Waals surface area contributed by atoms with Crippen molar-refractivity contribution in [3.8, 4) is 5.75 Å². The van der Waals surface area contributed by atoms with Crippen molar-refractivity contribution in [2.75, 3.05) is 11.9 Å². The number of amides is 4. The Bertz CT molecular complexity index is 543. The molecule has 1 aliphatic rings. The van der Waals surface area contributed by atoms with Crippen molar-refractivity contribution < 1.29 is 14.7 Å². The molecule has 1 aliphatic heterocycles. The van der Waals surface area contributed by atoms with E-state index in [4.69, 9.17) is 0 Å². The van der Waals surface area contributed by atoms with Crippen molar-refractivity contribution in [2.24, 2.45) is 5.10 Å². The van der Waals surface area contributed by atoms with Crippen LogP contribution in [0.5, 0.6) is 5.75 Å². The molecule has 0 unspecified atom stereocenters. The minimum atomic E-state index is -0.588. The van der Waals surface area contributed by atoms with Crippen LogP contribution in [-0.4, -0.2) is 34.4 Å². The van der Waals surface area contributed by atoms with Gasteiger partial charge in [0.1, 0.15) is 5.75 Å². The fourth-order valence-electron chi connectivity index (χ4n) is 1.50. The van der Waals surface area contributed by atoms with Gasteiger partial charge in [0.05, 0.1) is 12.3 Å². The molecule has 4 amide bonds. The predicted molar refractivity (Wildman–Crippen MR) is 68.6 cm³/mol. The van der Waals surface area contributed by atoms with Crippen LogP contribution in [0.2, 0.25) is 0 Å². The van der Waals surface area contributed by atoms with Crippen molar-refractivity contribution in [2.45, 2.75) is 6.92 Å². The Morgan fingerprint density at radius 2 is 2.32 bits per heavy atom. The average molecular weight is 263 g/mol. The van der Waals surface area contributed by atoms with E-state index in [1.54, 1.807) is 19.1 Å². The molecule has 1 aromatic carbocycles. The molecule has 4 N–H and O–H groups in total. The Morgan fingerprint density at radius 3 is 3.05 bits per heavy atom. The molecule has 0 saturated carbocycles. The number of phenols is 1. The van der Waals surface area contributed by atoms with Crippen molar-refractivity contribution >= 4 is 23.5 Å². The van der Waals surface area contributed by atoms with E-state index in [2.05, 4.69) is 21.3 Å². The van der Waals surface area contributed by atoms with Gasteiger partial charge in [-0.25, -0.2) is 25.4 Å². The Hall–Kier alpha value is -2.77. The van der Waals surface area contributed by atoms with Gasteiger partial charge in [0.2, 0.25) is 0 Å². The standard InChI is InChI=1S/C11H13N5O3/c1-7-6-16(11(19)14-13-7)15-10(18)12-8-3-2-4-9(17)5-8/h2-5,17H,6H2,1H3,(H,14,19)(H2,12,15,18). The third kappa shape index (κ3) is 3.35. The summed E-state index contributed by atoms with van der Waals surface area (Å²) in [5.41, 5.74) is 5.71. The first-order chi connectivity index (χ1) is 9.04. The molecular weight excluding hydrogens is 250 g/mol. The van der Waals surface area contributed by atoms with E-state index in [0.29, 0.717) is 11.4 Å². The third-order valence-electron chi connectivity index (χ3n) is 2.32. The molecule has 8 nitrogen and oxygen atoms in total. The highest BCUT2D eigenvalue weighted by Gasteiger charge is 2.20. The highest BCUT2D eigenvalue weighted by atomic mass is 16.3. The van der Waals surface area contributed by atoms with Crippen molar-refractivity contribution in [3.05, 3.63) is 24.3 Å². The van der Waals surface area contributed by atoms with Crippen LogP contribution in [0.4, 0.5) is 15.3 Å². The molecule has 0 bridgehead atoms. The van der Waals surface area contributed by atoms with E-state index in [1.165, 1.54) is 12.1 Å². The normalized spacial score (nSPS) is 14.5. The Labute approximate surface area is 109 Å². The zero-order chi connectivity index (χ0) is 13.8. The SMILES string of the molecule is CC1=NNC(=O)N(NC(=O)Nc2cccc(O)c2)C1. The maximum Gasteiger partial charge on any atom is 0.356 e. The number of hydrazone groups is 1. The van der Waals surface area contributed by atoms with Gasteiger partial charge >= 0.3 is 12.1 Å². The van der Waals surface area contributed by atoms with E-state index in [0.717, 1.165) is 5.01 Å². The quantitative estimate of drug-likeness (QED) is 0.635. The van der Waals surface area contributed by atoms with Gasteiger partial charge in [-0.15, -0.1) is 0 Å². The smallest absolute Gasteiger partial charge is 0.356 e. The Morgan fingerprint density at radius 1 is 1.53 bits per heavy atom.